The molecule has 0 saturated carbocycles. The number of carbonyl (C=O) groups is 1. The third-order valence-corrected chi connectivity index (χ3v) is 4.63. The molecule has 2 aromatic rings. The zero-order chi connectivity index (χ0) is 13.5. The number of hydrogen-bond acceptors (Lipinski definition) is 3. The first kappa shape index (κ1) is 11.9. The molecule has 3 saturated heterocycles. The van der Waals surface area contributed by atoms with Crippen LogP contribution in [0.4, 0.5) is 0 Å². The minimum atomic E-state index is 0.158. The first-order valence-corrected chi connectivity index (χ1v) is 7.28. The molecule has 0 spiro atoms. The summed E-state index contributed by atoms with van der Waals surface area (Å²) >= 11 is 0. The molecule has 3 fully saturated rings. The van der Waals surface area contributed by atoms with Gasteiger partial charge in [0, 0.05) is 37.6 Å². The van der Waals surface area contributed by atoms with Crippen LogP contribution in [0, 0.1) is 0 Å². The van der Waals surface area contributed by atoms with Crippen LogP contribution in [0.3, 0.4) is 0 Å². The number of benzene rings is 1. The molecule has 5 rings (SSSR count). The Labute approximate surface area is 117 Å². The van der Waals surface area contributed by atoms with E-state index in [1.54, 1.807) is 6.20 Å². The van der Waals surface area contributed by atoms with Crippen molar-refractivity contribution < 1.29 is 4.79 Å². The van der Waals surface area contributed by atoms with Gasteiger partial charge in [0.05, 0.1) is 17.3 Å². The fourth-order valence-corrected chi connectivity index (χ4v) is 3.46. The highest BCUT2D eigenvalue weighted by Crippen LogP contribution is 2.25. The van der Waals surface area contributed by atoms with E-state index in [9.17, 15) is 4.79 Å². The number of nitrogens with zero attached hydrogens (tertiary/aromatic N) is 3. The summed E-state index contributed by atoms with van der Waals surface area (Å²) in [6.07, 6.45) is 3.96. The van der Waals surface area contributed by atoms with Gasteiger partial charge in [0.25, 0.3) is 5.91 Å². The normalized spacial score (nSPS) is 25.9. The predicted octanol–water partition coefficient (Wildman–Crippen LogP) is 1.48. The van der Waals surface area contributed by atoms with Crippen LogP contribution >= 0.6 is 0 Å². The van der Waals surface area contributed by atoms with E-state index in [0.717, 1.165) is 55.5 Å². The molecule has 0 unspecified atom stereocenters. The van der Waals surface area contributed by atoms with Crippen molar-refractivity contribution in [3.8, 4) is 0 Å². The van der Waals surface area contributed by atoms with Gasteiger partial charge in [-0.25, -0.2) is 0 Å². The number of H-pyrrole nitrogens is 1. The minimum absolute atomic E-state index is 0.158. The largest absolute Gasteiger partial charge is 0.334 e. The summed E-state index contributed by atoms with van der Waals surface area (Å²) in [7, 11) is 0. The summed E-state index contributed by atoms with van der Waals surface area (Å²) in [5, 5.41) is 7.91. The number of amides is 1. The molecule has 3 aliphatic rings. The number of nitrogens with one attached hydrogen (secondary N) is 1. The van der Waals surface area contributed by atoms with Crippen LogP contribution in [-0.4, -0.2) is 58.1 Å². The fourth-order valence-electron chi connectivity index (χ4n) is 3.46. The molecular formula is C15H18N4O. The summed E-state index contributed by atoms with van der Waals surface area (Å²) in [5.74, 6) is 0.158. The van der Waals surface area contributed by atoms with Crippen LogP contribution < -0.4 is 0 Å². The second-order valence-electron chi connectivity index (χ2n) is 5.71. The van der Waals surface area contributed by atoms with Crippen LogP contribution in [-0.2, 0) is 0 Å². The highest BCUT2D eigenvalue weighted by Gasteiger charge is 2.32. The van der Waals surface area contributed by atoms with Crippen LogP contribution in [0.1, 0.15) is 23.2 Å². The standard InChI is InChI=1S/C15H18N4O/c20-15(12-2-1-3-14-13(12)10-16-17-14)19-9-8-18-6-4-11(19)5-7-18/h1-3,10-11H,4-9H2,(H,16,17). The zero-order valence-electron chi connectivity index (χ0n) is 11.4. The lowest BCUT2D eigenvalue weighted by Gasteiger charge is -2.31. The Morgan fingerprint density at radius 2 is 2.05 bits per heavy atom. The van der Waals surface area contributed by atoms with Gasteiger partial charge in [-0.2, -0.15) is 5.10 Å². The van der Waals surface area contributed by atoms with Crippen molar-refractivity contribution in [1.29, 1.82) is 0 Å². The molecule has 4 heterocycles. The third kappa shape index (κ3) is 1.81. The smallest absolute Gasteiger partial charge is 0.254 e. The molecule has 5 nitrogen and oxygen atoms in total. The molecule has 5 heteroatoms. The lowest BCUT2D eigenvalue weighted by Crippen LogP contribution is -2.41. The molecule has 1 amide bonds. The van der Waals surface area contributed by atoms with Gasteiger partial charge in [-0.1, -0.05) is 6.07 Å². The minimum Gasteiger partial charge on any atom is -0.334 e. The fraction of sp³-hybridized carbons (Fsp3) is 0.467. The van der Waals surface area contributed by atoms with Crippen LogP contribution in [0.5, 0.6) is 0 Å². The molecule has 0 aliphatic carbocycles. The van der Waals surface area contributed by atoms with Gasteiger partial charge in [-0.3, -0.25) is 9.89 Å². The Kier molecular flexibility index (Phi) is 2.73. The number of aromatic nitrogens is 2. The monoisotopic (exact) mass is 270 g/mol. The van der Waals surface area contributed by atoms with E-state index in [4.69, 9.17) is 0 Å². The number of carbonyl (C=O) groups excluding carboxylic acids is 1. The van der Waals surface area contributed by atoms with Crippen LogP contribution in [0.15, 0.2) is 24.4 Å². The van der Waals surface area contributed by atoms with E-state index in [2.05, 4.69) is 20.0 Å². The maximum Gasteiger partial charge on any atom is 0.254 e. The molecule has 0 radical (unpaired) electrons. The highest BCUT2D eigenvalue weighted by molar-refractivity contribution is 6.06. The average Bonchev–Trinajstić information content (AvgIpc) is 2.78. The summed E-state index contributed by atoms with van der Waals surface area (Å²) in [4.78, 5) is 17.5. The lowest BCUT2D eigenvalue weighted by atomic mass is 10.0. The summed E-state index contributed by atoms with van der Waals surface area (Å²) in [6.45, 7) is 4.11. The molecule has 1 aromatic carbocycles. The number of hydrogen-bond donors (Lipinski definition) is 1. The number of piperidine rings is 1. The molecule has 1 N–H and O–H groups in total. The Bertz CT molecular complexity index is 642. The molecule has 3 aliphatic heterocycles. The first-order chi connectivity index (χ1) is 9.83. The van der Waals surface area contributed by atoms with Crippen molar-refractivity contribution in [3.05, 3.63) is 30.0 Å². The highest BCUT2D eigenvalue weighted by atomic mass is 16.2. The molecule has 1 aromatic heterocycles. The van der Waals surface area contributed by atoms with E-state index in [0.29, 0.717) is 6.04 Å². The Morgan fingerprint density at radius 1 is 1.20 bits per heavy atom. The topological polar surface area (TPSA) is 52.2 Å². The summed E-state index contributed by atoms with van der Waals surface area (Å²) in [6, 6.07) is 6.20. The maximum absolute atomic E-state index is 12.9. The Balaban J connectivity index is 1.71. The number of rotatable bonds is 1. The van der Waals surface area contributed by atoms with Crippen molar-refractivity contribution in [3.63, 3.8) is 0 Å². The Hall–Kier alpha value is -1.88. The van der Waals surface area contributed by atoms with E-state index in [1.165, 1.54) is 0 Å². The predicted molar refractivity (Wildman–Crippen MR) is 76.6 cm³/mol. The molecule has 0 atom stereocenters. The Morgan fingerprint density at radius 3 is 2.90 bits per heavy atom. The van der Waals surface area contributed by atoms with Crippen molar-refractivity contribution in [2.24, 2.45) is 0 Å². The molecule has 20 heavy (non-hydrogen) atoms. The van der Waals surface area contributed by atoms with E-state index >= 15 is 0 Å². The van der Waals surface area contributed by atoms with Crippen LogP contribution in [0.25, 0.3) is 10.9 Å². The van der Waals surface area contributed by atoms with Gasteiger partial charge in [0.1, 0.15) is 0 Å². The molecule has 104 valence electrons. The number of aromatic amines is 1. The molecule has 2 bridgehead atoms. The van der Waals surface area contributed by atoms with Gasteiger partial charge in [0.2, 0.25) is 0 Å². The second-order valence-corrected chi connectivity index (χ2v) is 5.71. The zero-order valence-corrected chi connectivity index (χ0v) is 11.4. The van der Waals surface area contributed by atoms with E-state index in [-0.39, 0.29) is 5.91 Å². The summed E-state index contributed by atoms with van der Waals surface area (Å²) in [5.41, 5.74) is 1.70. The van der Waals surface area contributed by atoms with E-state index < -0.39 is 0 Å². The maximum atomic E-state index is 12.9. The summed E-state index contributed by atoms with van der Waals surface area (Å²) < 4.78 is 0. The average molecular weight is 270 g/mol. The first-order valence-electron chi connectivity index (χ1n) is 7.28. The molecular weight excluding hydrogens is 252 g/mol. The van der Waals surface area contributed by atoms with Crippen molar-refractivity contribution in [2.45, 2.75) is 18.9 Å². The van der Waals surface area contributed by atoms with E-state index in [1.807, 2.05) is 18.2 Å². The van der Waals surface area contributed by atoms with Gasteiger partial charge >= 0.3 is 0 Å². The van der Waals surface area contributed by atoms with Crippen molar-refractivity contribution in [2.75, 3.05) is 26.2 Å². The van der Waals surface area contributed by atoms with Gasteiger partial charge in [0.15, 0.2) is 0 Å². The SMILES string of the molecule is O=C(c1cccc2[nH]ncc12)N1CCN2CCC1CC2. The van der Waals surface area contributed by atoms with Gasteiger partial charge < -0.3 is 9.80 Å². The van der Waals surface area contributed by atoms with Gasteiger partial charge in [-0.15, -0.1) is 0 Å². The second kappa shape index (κ2) is 4.59. The lowest BCUT2D eigenvalue weighted by molar-refractivity contribution is 0.0687. The van der Waals surface area contributed by atoms with Crippen LogP contribution in [0.2, 0.25) is 0 Å². The van der Waals surface area contributed by atoms with Gasteiger partial charge in [-0.05, 0) is 25.0 Å². The van der Waals surface area contributed by atoms with Crippen molar-refractivity contribution in [1.82, 2.24) is 20.0 Å². The quantitative estimate of drug-likeness (QED) is 0.854. The number of fused-ring (bicyclic) bond motifs is 5. The third-order valence-electron chi connectivity index (χ3n) is 4.63. The van der Waals surface area contributed by atoms with Crippen molar-refractivity contribution >= 4 is 16.8 Å².